The topological polar surface area (TPSA) is 42.0 Å². The summed E-state index contributed by atoms with van der Waals surface area (Å²) in [5, 5.41) is 0. The van der Waals surface area contributed by atoms with Crippen LogP contribution < -0.4 is 19.3 Å². The van der Waals surface area contributed by atoms with Crippen LogP contribution in [0.4, 0.5) is 11.4 Å². The number of hydrogen-bond acceptors (Lipinski definition) is 5. The third-order valence-electron chi connectivity index (χ3n) is 6.97. The zero-order chi connectivity index (χ0) is 26.3. The van der Waals surface area contributed by atoms with Crippen LogP contribution in [0, 0.1) is 0 Å². The summed E-state index contributed by atoms with van der Waals surface area (Å²) in [6.07, 6.45) is 3.78. The molecule has 0 N–H and O–H groups in total. The molecule has 0 heterocycles. The van der Waals surface area contributed by atoms with Gasteiger partial charge in [-0.3, -0.25) is 4.79 Å². The average molecular weight is 505 g/mol. The molecular formula is C33H32N2O3. The standard InChI is InChI=1S/C33H32N2O3/c1-37-29-17-13-27(14-18-29)34(23-25-9-5-3-6-10-25)31-21-22-32(36)33(31)35(24-26-11-7-4-8-12-26)28-15-19-30(38-2)20-16-28/h3-22,31,33H,23-24H2,1-2H3/t31-,33+/m0/s1. The largest absolute Gasteiger partial charge is 0.497 e. The Morgan fingerprint density at radius 3 is 1.53 bits per heavy atom. The minimum atomic E-state index is -0.408. The number of nitrogens with zero attached hydrogens (tertiary/aromatic N) is 2. The third-order valence-corrected chi connectivity index (χ3v) is 6.97. The summed E-state index contributed by atoms with van der Waals surface area (Å²) in [6.45, 7) is 1.26. The van der Waals surface area contributed by atoms with Crippen LogP contribution in [0.2, 0.25) is 0 Å². The van der Waals surface area contributed by atoms with Crippen molar-refractivity contribution in [3.8, 4) is 11.5 Å². The molecule has 0 amide bonds. The van der Waals surface area contributed by atoms with Crippen molar-refractivity contribution >= 4 is 17.2 Å². The Labute approximate surface area is 224 Å². The first-order valence-electron chi connectivity index (χ1n) is 12.8. The predicted octanol–water partition coefficient (Wildman–Crippen LogP) is 6.29. The highest BCUT2D eigenvalue weighted by molar-refractivity contribution is 6.01. The molecule has 5 rings (SSSR count). The quantitative estimate of drug-likeness (QED) is 0.254. The van der Waals surface area contributed by atoms with Gasteiger partial charge < -0.3 is 19.3 Å². The first-order chi connectivity index (χ1) is 18.7. The van der Waals surface area contributed by atoms with Gasteiger partial charge in [0, 0.05) is 24.5 Å². The van der Waals surface area contributed by atoms with Crippen LogP contribution in [0.15, 0.2) is 121 Å². The minimum Gasteiger partial charge on any atom is -0.497 e. The average Bonchev–Trinajstić information content (AvgIpc) is 3.36. The van der Waals surface area contributed by atoms with Gasteiger partial charge in [-0.25, -0.2) is 0 Å². The Hall–Kier alpha value is -4.51. The van der Waals surface area contributed by atoms with Crippen molar-refractivity contribution in [2.45, 2.75) is 25.2 Å². The fourth-order valence-corrected chi connectivity index (χ4v) is 5.00. The number of benzene rings is 4. The first kappa shape index (κ1) is 25.2. The van der Waals surface area contributed by atoms with Crippen molar-refractivity contribution in [1.82, 2.24) is 0 Å². The van der Waals surface area contributed by atoms with Gasteiger partial charge in [0.25, 0.3) is 0 Å². The fraction of sp³-hybridized carbons (Fsp3) is 0.182. The molecule has 5 heteroatoms. The van der Waals surface area contributed by atoms with Gasteiger partial charge >= 0.3 is 0 Å². The highest BCUT2D eigenvalue weighted by Crippen LogP contribution is 2.33. The lowest BCUT2D eigenvalue weighted by Crippen LogP contribution is -2.52. The summed E-state index contributed by atoms with van der Waals surface area (Å²) in [5.41, 5.74) is 4.31. The molecule has 192 valence electrons. The predicted molar refractivity (Wildman–Crippen MR) is 153 cm³/mol. The van der Waals surface area contributed by atoms with Gasteiger partial charge in [0.1, 0.15) is 17.5 Å². The van der Waals surface area contributed by atoms with E-state index < -0.39 is 6.04 Å². The van der Waals surface area contributed by atoms with Crippen LogP contribution in [0.25, 0.3) is 0 Å². The first-order valence-corrected chi connectivity index (χ1v) is 12.8. The summed E-state index contributed by atoms with van der Waals surface area (Å²) < 4.78 is 10.8. The molecule has 0 aliphatic heterocycles. The fourth-order valence-electron chi connectivity index (χ4n) is 5.00. The zero-order valence-electron chi connectivity index (χ0n) is 21.7. The van der Waals surface area contributed by atoms with E-state index in [1.54, 1.807) is 20.3 Å². The Bertz CT molecular complexity index is 1350. The molecule has 2 atom stereocenters. The number of ketones is 1. The summed E-state index contributed by atoms with van der Waals surface area (Å²) >= 11 is 0. The van der Waals surface area contributed by atoms with Crippen LogP contribution in [-0.4, -0.2) is 32.1 Å². The summed E-state index contributed by atoms with van der Waals surface area (Å²) in [6, 6.07) is 36.1. The molecule has 38 heavy (non-hydrogen) atoms. The van der Waals surface area contributed by atoms with Crippen molar-refractivity contribution in [3.63, 3.8) is 0 Å². The van der Waals surface area contributed by atoms with E-state index in [0.717, 1.165) is 28.4 Å². The molecule has 0 spiro atoms. The van der Waals surface area contributed by atoms with E-state index in [0.29, 0.717) is 13.1 Å². The molecule has 4 aromatic rings. The van der Waals surface area contributed by atoms with E-state index in [-0.39, 0.29) is 11.8 Å². The van der Waals surface area contributed by atoms with Crippen molar-refractivity contribution < 1.29 is 14.3 Å². The normalized spacial score (nSPS) is 16.3. The molecule has 1 aliphatic rings. The minimum absolute atomic E-state index is 0.0910. The number of carbonyl (C=O) groups is 1. The number of methoxy groups -OCH3 is 2. The molecule has 0 radical (unpaired) electrons. The molecule has 0 aromatic heterocycles. The van der Waals surface area contributed by atoms with Gasteiger partial charge in [-0.1, -0.05) is 66.7 Å². The third kappa shape index (κ3) is 5.57. The molecule has 0 unspecified atom stereocenters. The molecule has 1 aliphatic carbocycles. The zero-order valence-corrected chi connectivity index (χ0v) is 21.7. The molecule has 0 fully saturated rings. The maximum Gasteiger partial charge on any atom is 0.180 e. The van der Waals surface area contributed by atoms with E-state index in [2.05, 4.69) is 46.2 Å². The summed E-state index contributed by atoms with van der Waals surface area (Å²) in [5.74, 6) is 1.67. The molecule has 4 aromatic carbocycles. The number of anilines is 2. The van der Waals surface area contributed by atoms with E-state index >= 15 is 0 Å². The van der Waals surface area contributed by atoms with E-state index in [1.807, 2.05) is 78.9 Å². The molecule has 0 saturated carbocycles. The summed E-state index contributed by atoms with van der Waals surface area (Å²) in [7, 11) is 3.33. The Balaban J connectivity index is 1.56. The second kappa shape index (κ2) is 11.7. The Kier molecular flexibility index (Phi) is 7.74. The second-order valence-electron chi connectivity index (χ2n) is 9.32. The van der Waals surface area contributed by atoms with E-state index in [1.165, 1.54) is 5.56 Å². The van der Waals surface area contributed by atoms with E-state index in [9.17, 15) is 4.79 Å². The molecule has 0 bridgehead atoms. The molecule has 5 nitrogen and oxygen atoms in total. The monoisotopic (exact) mass is 504 g/mol. The van der Waals surface area contributed by atoms with Crippen LogP contribution in [-0.2, 0) is 17.9 Å². The Morgan fingerprint density at radius 1 is 0.605 bits per heavy atom. The number of hydrogen-bond donors (Lipinski definition) is 0. The number of carbonyl (C=O) groups excluding carboxylic acids is 1. The number of ether oxygens (including phenoxy) is 2. The highest BCUT2D eigenvalue weighted by Gasteiger charge is 2.39. The van der Waals surface area contributed by atoms with Crippen molar-refractivity contribution in [2.75, 3.05) is 24.0 Å². The maximum atomic E-state index is 13.6. The van der Waals surface area contributed by atoms with Crippen molar-refractivity contribution in [1.29, 1.82) is 0 Å². The maximum absolute atomic E-state index is 13.6. The van der Waals surface area contributed by atoms with E-state index in [4.69, 9.17) is 9.47 Å². The van der Waals surface area contributed by atoms with Gasteiger partial charge in [0.15, 0.2) is 5.78 Å². The van der Waals surface area contributed by atoms with Gasteiger partial charge in [0.2, 0.25) is 0 Å². The number of rotatable bonds is 10. The van der Waals surface area contributed by atoms with Gasteiger partial charge in [-0.05, 0) is 65.7 Å². The van der Waals surface area contributed by atoms with Crippen LogP contribution in [0.3, 0.4) is 0 Å². The Morgan fingerprint density at radius 2 is 1.05 bits per heavy atom. The lowest BCUT2D eigenvalue weighted by molar-refractivity contribution is -0.115. The highest BCUT2D eigenvalue weighted by atomic mass is 16.5. The van der Waals surface area contributed by atoms with Crippen molar-refractivity contribution in [2.24, 2.45) is 0 Å². The van der Waals surface area contributed by atoms with Gasteiger partial charge in [0.05, 0.1) is 20.3 Å². The lowest BCUT2D eigenvalue weighted by Gasteiger charge is -2.40. The van der Waals surface area contributed by atoms with Gasteiger partial charge in [-0.2, -0.15) is 0 Å². The summed E-state index contributed by atoms with van der Waals surface area (Å²) in [4.78, 5) is 18.1. The second-order valence-corrected chi connectivity index (χ2v) is 9.32. The van der Waals surface area contributed by atoms with Crippen LogP contribution in [0.1, 0.15) is 11.1 Å². The van der Waals surface area contributed by atoms with Crippen LogP contribution >= 0.6 is 0 Å². The SMILES string of the molecule is COc1ccc(N(Cc2ccccc2)[C@H]2C=CC(=O)[C@@H]2N(Cc2ccccc2)c2ccc(OC)cc2)cc1. The smallest absolute Gasteiger partial charge is 0.180 e. The van der Waals surface area contributed by atoms with Crippen molar-refractivity contribution in [3.05, 3.63) is 132 Å². The molecule has 0 saturated heterocycles. The molecular weight excluding hydrogens is 472 g/mol. The lowest BCUT2D eigenvalue weighted by atomic mass is 10.0. The van der Waals surface area contributed by atoms with Gasteiger partial charge in [-0.15, -0.1) is 0 Å². The van der Waals surface area contributed by atoms with Crippen LogP contribution in [0.5, 0.6) is 11.5 Å².